The topological polar surface area (TPSA) is 149 Å². The molecule has 0 aliphatic heterocycles. The Morgan fingerprint density at radius 2 is 0.746 bits per heavy atom. The van der Waals surface area contributed by atoms with Gasteiger partial charge < -0.3 is 24.6 Å². The minimum absolute atomic E-state index is 0.185. The first-order valence-corrected chi connectivity index (χ1v) is 25.8. The van der Waals surface area contributed by atoms with Crippen LogP contribution >= 0.6 is 7.82 Å². The van der Waals surface area contributed by atoms with Crippen molar-refractivity contribution in [2.45, 2.75) is 244 Å². The zero-order valence-corrected chi connectivity index (χ0v) is 38.9. The molecule has 0 radical (unpaired) electrons. The Morgan fingerprint density at radius 1 is 0.458 bits per heavy atom. The summed E-state index contributed by atoms with van der Waals surface area (Å²) in [6, 6.07) is 0. The number of hydrogen-bond donors (Lipinski definition) is 3. The lowest BCUT2D eigenvalue weighted by Crippen LogP contribution is -2.28. The van der Waals surface area contributed by atoms with Crippen LogP contribution in [-0.2, 0) is 32.7 Å². The Labute approximate surface area is 361 Å². The van der Waals surface area contributed by atoms with E-state index >= 15 is 0 Å². The molecule has 11 heteroatoms. The largest absolute Gasteiger partial charge is 0.472 e. The quantitative estimate of drug-likeness (QED) is 0.0234. The highest BCUT2D eigenvalue weighted by atomic mass is 31.2. The lowest BCUT2D eigenvalue weighted by Gasteiger charge is -2.20. The summed E-state index contributed by atoms with van der Waals surface area (Å²) in [6.07, 6.45) is 45.7. The maximum Gasteiger partial charge on any atom is 0.472 e. The van der Waals surface area contributed by atoms with Crippen LogP contribution in [0.1, 0.15) is 232 Å². The van der Waals surface area contributed by atoms with Gasteiger partial charge in [0.25, 0.3) is 0 Å². The molecule has 0 heterocycles. The molecule has 0 aromatic carbocycles. The van der Waals surface area contributed by atoms with Gasteiger partial charge in [-0.25, -0.2) is 4.57 Å². The van der Waals surface area contributed by atoms with E-state index in [9.17, 15) is 29.3 Å². The monoisotopic (exact) mass is 859 g/mol. The van der Waals surface area contributed by atoms with E-state index in [0.717, 1.165) is 51.4 Å². The number of carbonyl (C=O) groups is 2. The molecule has 3 atom stereocenters. The summed E-state index contributed by atoms with van der Waals surface area (Å²) in [5, 5.41) is 19.2. The third-order valence-corrected chi connectivity index (χ3v) is 11.6. The van der Waals surface area contributed by atoms with Crippen molar-refractivity contribution in [2.24, 2.45) is 0 Å². The maximum absolute atomic E-state index is 12.4. The fraction of sp³-hybridized carbons (Fsp3) is 0.875. The van der Waals surface area contributed by atoms with Gasteiger partial charge >= 0.3 is 19.8 Å². The number of phosphoric ester groups is 1. The minimum atomic E-state index is -4.64. The zero-order chi connectivity index (χ0) is 43.3. The van der Waals surface area contributed by atoms with Crippen molar-refractivity contribution < 1.29 is 47.8 Å². The predicted octanol–water partition coefficient (Wildman–Crippen LogP) is 13.3. The average Bonchev–Trinajstić information content (AvgIpc) is 3.22. The summed E-state index contributed by atoms with van der Waals surface area (Å²) >= 11 is 0. The number of allylic oxidation sites excluding steroid dienone is 4. The fourth-order valence-electron chi connectivity index (χ4n) is 6.91. The van der Waals surface area contributed by atoms with Gasteiger partial charge in [0.05, 0.1) is 26.4 Å². The second-order valence-electron chi connectivity index (χ2n) is 16.5. The van der Waals surface area contributed by atoms with E-state index in [4.69, 9.17) is 18.5 Å². The number of unbranched alkanes of at least 4 members (excludes halogenated alkanes) is 28. The molecule has 0 spiro atoms. The lowest BCUT2D eigenvalue weighted by molar-refractivity contribution is -0.153. The molecule has 348 valence electrons. The molecule has 0 bridgehead atoms. The standard InChI is InChI=1S/C48H91O10P/c1-3-5-7-9-11-13-15-17-19-21-22-24-26-28-30-32-34-36-38-40-48(52)58-46(42-50)44-56-59(53,54)55-43-45(41-49)57-47(51)39-37-35-33-31-29-27-25-23-20-18-16-14-12-10-8-6-4-2/h12,14,18,20,45-46,49-50H,3-11,13,15-17,19,21-44H2,1-2H3,(H,53,54)/b14-12-,20-18-. The first-order valence-electron chi connectivity index (χ1n) is 24.3. The molecule has 0 rings (SSSR count). The maximum atomic E-state index is 12.4. The van der Waals surface area contributed by atoms with Crippen LogP contribution in [0.25, 0.3) is 0 Å². The molecule has 0 fully saturated rings. The second-order valence-corrected chi connectivity index (χ2v) is 17.9. The molecule has 0 aromatic rings. The van der Waals surface area contributed by atoms with Gasteiger partial charge in [0.15, 0.2) is 0 Å². The van der Waals surface area contributed by atoms with Crippen LogP contribution in [0.4, 0.5) is 0 Å². The molecule has 0 aliphatic carbocycles. The molecule has 3 N–H and O–H groups in total. The van der Waals surface area contributed by atoms with Crippen LogP contribution < -0.4 is 0 Å². The van der Waals surface area contributed by atoms with E-state index in [0.29, 0.717) is 12.8 Å². The van der Waals surface area contributed by atoms with E-state index < -0.39 is 58.4 Å². The van der Waals surface area contributed by atoms with Crippen molar-refractivity contribution in [3.05, 3.63) is 24.3 Å². The number of aliphatic hydroxyl groups excluding tert-OH is 2. The highest BCUT2D eigenvalue weighted by Crippen LogP contribution is 2.43. The normalized spacial score (nSPS) is 13.9. The summed E-state index contributed by atoms with van der Waals surface area (Å²) < 4.78 is 32.7. The minimum Gasteiger partial charge on any atom is -0.457 e. The molecule has 3 unspecified atom stereocenters. The SMILES string of the molecule is CCCCC/C=C\C/C=C\CCCCCCCCCC(=O)OC(CO)COP(=O)(O)OCC(CO)OC(=O)CCCCCCCCCCCCCCCCCCCCC. The van der Waals surface area contributed by atoms with E-state index in [1.54, 1.807) is 0 Å². The van der Waals surface area contributed by atoms with Crippen molar-refractivity contribution in [1.82, 2.24) is 0 Å². The van der Waals surface area contributed by atoms with E-state index in [2.05, 4.69) is 38.2 Å². The number of aliphatic hydroxyl groups is 2. The van der Waals surface area contributed by atoms with Crippen molar-refractivity contribution in [2.75, 3.05) is 26.4 Å². The Hall–Kier alpha value is -1.55. The van der Waals surface area contributed by atoms with E-state index in [-0.39, 0.29) is 12.8 Å². The van der Waals surface area contributed by atoms with Gasteiger partial charge in [-0.1, -0.05) is 199 Å². The molecule has 0 aromatic heterocycles. The molecule has 0 aliphatic rings. The van der Waals surface area contributed by atoms with Crippen LogP contribution in [-0.4, -0.2) is 65.7 Å². The third-order valence-electron chi connectivity index (χ3n) is 10.7. The fourth-order valence-corrected chi connectivity index (χ4v) is 7.70. The Bertz CT molecular complexity index is 1040. The van der Waals surface area contributed by atoms with Gasteiger partial charge in [-0.3, -0.25) is 18.6 Å². The van der Waals surface area contributed by atoms with Gasteiger partial charge in [-0.2, -0.15) is 0 Å². The summed E-state index contributed by atoms with van der Waals surface area (Å²) in [7, 11) is -4.64. The van der Waals surface area contributed by atoms with Crippen molar-refractivity contribution in [3.63, 3.8) is 0 Å². The summed E-state index contributed by atoms with van der Waals surface area (Å²) in [5.41, 5.74) is 0. The zero-order valence-electron chi connectivity index (χ0n) is 38.0. The molecular weight excluding hydrogens is 767 g/mol. The number of esters is 2. The average molecular weight is 859 g/mol. The number of ether oxygens (including phenoxy) is 2. The predicted molar refractivity (Wildman–Crippen MR) is 242 cm³/mol. The van der Waals surface area contributed by atoms with Gasteiger partial charge in [0.1, 0.15) is 12.2 Å². The van der Waals surface area contributed by atoms with Crippen molar-refractivity contribution in [1.29, 1.82) is 0 Å². The van der Waals surface area contributed by atoms with Crippen LogP contribution in [0.15, 0.2) is 24.3 Å². The first-order chi connectivity index (χ1) is 28.8. The second kappa shape index (κ2) is 44.5. The van der Waals surface area contributed by atoms with Crippen LogP contribution in [0.5, 0.6) is 0 Å². The molecular formula is C48H91O10P. The van der Waals surface area contributed by atoms with Gasteiger partial charge in [0.2, 0.25) is 0 Å². The Balaban J connectivity index is 3.85. The Kier molecular flexibility index (Phi) is 43.3. The molecule has 59 heavy (non-hydrogen) atoms. The molecule has 0 saturated heterocycles. The van der Waals surface area contributed by atoms with Gasteiger partial charge in [-0.15, -0.1) is 0 Å². The highest BCUT2D eigenvalue weighted by molar-refractivity contribution is 7.47. The molecule has 10 nitrogen and oxygen atoms in total. The number of hydrogen-bond acceptors (Lipinski definition) is 9. The Morgan fingerprint density at radius 3 is 1.08 bits per heavy atom. The van der Waals surface area contributed by atoms with E-state index in [1.807, 2.05) is 0 Å². The summed E-state index contributed by atoms with van der Waals surface area (Å²) in [5.74, 6) is -1.02. The van der Waals surface area contributed by atoms with Gasteiger partial charge in [0, 0.05) is 12.8 Å². The van der Waals surface area contributed by atoms with Gasteiger partial charge in [-0.05, 0) is 44.9 Å². The lowest BCUT2D eigenvalue weighted by atomic mass is 10.0. The number of rotatable bonds is 46. The van der Waals surface area contributed by atoms with Crippen molar-refractivity contribution in [3.8, 4) is 0 Å². The molecule has 0 saturated carbocycles. The third kappa shape index (κ3) is 42.9. The first kappa shape index (κ1) is 57.4. The molecule has 0 amide bonds. The summed E-state index contributed by atoms with van der Waals surface area (Å²) in [4.78, 5) is 34.6. The summed E-state index contributed by atoms with van der Waals surface area (Å²) in [6.45, 7) is 2.22. The smallest absolute Gasteiger partial charge is 0.457 e. The van der Waals surface area contributed by atoms with Crippen molar-refractivity contribution >= 4 is 19.8 Å². The number of phosphoric acid groups is 1. The van der Waals surface area contributed by atoms with E-state index in [1.165, 1.54) is 141 Å². The van der Waals surface area contributed by atoms with Crippen LogP contribution in [0, 0.1) is 0 Å². The number of carbonyl (C=O) groups excluding carboxylic acids is 2. The van der Waals surface area contributed by atoms with Crippen LogP contribution in [0.3, 0.4) is 0 Å². The highest BCUT2D eigenvalue weighted by Gasteiger charge is 2.27. The van der Waals surface area contributed by atoms with Crippen LogP contribution in [0.2, 0.25) is 0 Å².